The van der Waals surface area contributed by atoms with E-state index in [1.165, 1.54) is 16.3 Å². The maximum atomic E-state index is 6.18. The predicted molar refractivity (Wildman–Crippen MR) is 108 cm³/mol. The minimum Gasteiger partial charge on any atom is -0.494 e. The van der Waals surface area contributed by atoms with Gasteiger partial charge in [0.1, 0.15) is 11.3 Å². The topological polar surface area (TPSA) is 65.4 Å². The fraction of sp³-hybridized carbons (Fsp3) is 0.0909. The zero-order chi connectivity index (χ0) is 18.4. The second-order valence-corrected chi connectivity index (χ2v) is 6.57. The van der Waals surface area contributed by atoms with Crippen LogP contribution in [0, 0.1) is 0 Å². The fourth-order valence-electron chi connectivity index (χ4n) is 3.70. The van der Waals surface area contributed by atoms with Crippen molar-refractivity contribution in [1.29, 1.82) is 0 Å². The Labute approximate surface area is 156 Å². The number of nitrogen functional groups attached to an aromatic ring is 1. The second kappa shape index (κ2) is 5.99. The van der Waals surface area contributed by atoms with Gasteiger partial charge in [0.2, 0.25) is 5.95 Å². The van der Waals surface area contributed by atoms with Crippen LogP contribution in [0.4, 0.5) is 5.95 Å². The van der Waals surface area contributed by atoms with Crippen LogP contribution >= 0.6 is 0 Å². The van der Waals surface area contributed by atoms with Gasteiger partial charge in [-0.15, -0.1) is 0 Å². The lowest BCUT2D eigenvalue weighted by Gasteiger charge is -2.07. The lowest BCUT2D eigenvalue weighted by molar-refractivity contribution is 0.419. The van der Waals surface area contributed by atoms with E-state index in [4.69, 9.17) is 15.6 Å². The third-order valence-corrected chi connectivity index (χ3v) is 4.95. The van der Waals surface area contributed by atoms with Gasteiger partial charge in [-0.1, -0.05) is 54.6 Å². The first-order valence-corrected chi connectivity index (χ1v) is 8.82. The van der Waals surface area contributed by atoms with Crippen LogP contribution in [0.15, 0.2) is 66.7 Å². The third-order valence-electron chi connectivity index (χ3n) is 4.95. The summed E-state index contributed by atoms with van der Waals surface area (Å²) in [6.45, 7) is 0. The highest BCUT2D eigenvalue weighted by Crippen LogP contribution is 2.29. The third kappa shape index (κ3) is 2.47. The van der Waals surface area contributed by atoms with E-state index in [1.807, 2.05) is 18.2 Å². The highest BCUT2D eigenvalue weighted by atomic mass is 16.5. The molecule has 132 valence electrons. The van der Waals surface area contributed by atoms with E-state index in [9.17, 15) is 0 Å². The number of anilines is 1. The monoisotopic (exact) mass is 354 g/mol. The molecule has 0 unspecified atom stereocenters. The second-order valence-electron chi connectivity index (χ2n) is 6.57. The number of benzene rings is 3. The van der Waals surface area contributed by atoms with Crippen molar-refractivity contribution in [2.75, 3.05) is 12.8 Å². The van der Waals surface area contributed by atoms with Gasteiger partial charge in [0.05, 0.1) is 18.3 Å². The van der Waals surface area contributed by atoms with E-state index in [-0.39, 0.29) is 0 Å². The fourth-order valence-corrected chi connectivity index (χ4v) is 3.70. The molecule has 0 aliphatic heterocycles. The van der Waals surface area contributed by atoms with Gasteiger partial charge in [-0.3, -0.25) is 0 Å². The summed E-state index contributed by atoms with van der Waals surface area (Å²) in [5.41, 5.74) is 10.1. The molecule has 2 aromatic heterocycles. The molecule has 0 bridgehead atoms. The van der Waals surface area contributed by atoms with Crippen molar-refractivity contribution in [2.45, 2.75) is 6.42 Å². The molecule has 2 N–H and O–H groups in total. The average molecular weight is 354 g/mol. The van der Waals surface area contributed by atoms with Crippen LogP contribution < -0.4 is 10.5 Å². The number of nitrogens with two attached hydrogens (primary N) is 1. The summed E-state index contributed by atoms with van der Waals surface area (Å²) in [6.07, 6.45) is 0.730. The van der Waals surface area contributed by atoms with Crippen LogP contribution in [0.5, 0.6) is 5.75 Å². The Balaban J connectivity index is 1.68. The number of aromatic nitrogens is 3. The van der Waals surface area contributed by atoms with Gasteiger partial charge in [-0.05, 0) is 28.5 Å². The number of hydrogen-bond donors (Lipinski definition) is 1. The molecule has 0 fully saturated rings. The van der Waals surface area contributed by atoms with Crippen molar-refractivity contribution in [1.82, 2.24) is 14.6 Å². The minimum absolute atomic E-state index is 0.353. The molecule has 5 aromatic rings. The van der Waals surface area contributed by atoms with Crippen LogP contribution in [0.2, 0.25) is 0 Å². The molecule has 0 aliphatic rings. The summed E-state index contributed by atoms with van der Waals surface area (Å²) >= 11 is 0. The normalized spacial score (nSPS) is 11.4. The summed E-state index contributed by atoms with van der Waals surface area (Å²) in [6, 6.07) is 22.7. The highest BCUT2D eigenvalue weighted by Gasteiger charge is 2.13. The van der Waals surface area contributed by atoms with Crippen molar-refractivity contribution in [3.63, 3.8) is 0 Å². The molecule has 5 rings (SSSR count). The Morgan fingerprint density at radius 3 is 2.63 bits per heavy atom. The van der Waals surface area contributed by atoms with Crippen molar-refractivity contribution >= 4 is 33.1 Å². The van der Waals surface area contributed by atoms with E-state index >= 15 is 0 Å². The molecule has 0 saturated heterocycles. The van der Waals surface area contributed by atoms with Crippen LogP contribution in [0.3, 0.4) is 0 Å². The molecule has 5 heteroatoms. The maximum Gasteiger partial charge on any atom is 0.222 e. The number of nitrogens with zero attached hydrogens (tertiary/aromatic N) is 3. The van der Waals surface area contributed by atoms with Crippen LogP contribution in [0.1, 0.15) is 11.3 Å². The van der Waals surface area contributed by atoms with Gasteiger partial charge in [0.25, 0.3) is 0 Å². The predicted octanol–water partition coefficient (Wildman–Crippen LogP) is 4.22. The van der Waals surface area contributed by atoms with Crippen molar-refractivity contribution in [3.05, 3.63) is 78.0 Å². The Morgan fingerprint density at radius 2 is 1.74 bits per heavy atom. The zero-order valence-electron chi connectivity index (χ0n) is 14.9. The first kappa shape index (κ1) is 15.6. The van der Waals surface area contributed by atoms with Crippen LogP contribution in [-0.4, -0.2) is 21.7 Å². The first-order valence-electron chi connectivity index (χ1n) is 8.82. The summed E-state index contributed by atoms with van der Waals surface area (Å²) in [4.78, 5) is 4.50. The van der Waals surface area contributed by atoms with Gasteiger partial charge in [0.15, 0.2) is 0 Å². The molecule has 0 amide bonds. The lowest BCUT2D eigenvalue weighted by Crippen LogP contribution is -2.03. The quantitative estimate of drug-likeness (QED) is 0.527. The Bertz CT molecular complexity index is 1300. The lowest BCUT2D eigenvalue weighted by atomic mass is 10.0. The van der Waals surface area contributed by atoms with E-state index < -0.39 is 0 Å². The van der Waals surface area contributed by atoms with Crippen LogP contribution in [0.25, 0.3) is 27.2 Å². The summed E-state index contributed by atoms with van der Waals surface area (Å²) in [7, 11) is 1.64. The summed E-state index contributed by atoms with van der Waals surface area (Å²) < 4.78 is 7.14. The standard InChI is InChI=1S/C22H18N4O/c1-27-20-11-5-10-18-19-13-16(25-26(19)22(23)24-21(18)20)12-15-8-4-7-14-6-2-3-9-17(14)15/h2-11,13H,12H2,1H3,(H2,23,24). The number of ether oxygens (including phenoxy) is 1. The summed E-state index contributed by atoms with van der Waals surface area (Å²) in [5, 5.41) is 8.16. The molecule has 0 saturated carbocycles. The summed E-state index contributed by atoms with van der Waals surface area (Å²) in [5.74, 6) is 1.06. The number of methoxy groups -OCH3 is 1. The van der Waals surface area contributed by atoms with Gasteiger partial charge < -0.3 is 10.5 Å². The van der Waals surface area contributed by atoms with E-state index in [0.29, 0.717) is 11.7 Å². The Kier molecular flexibility index (Phi) is 3.47. The van der Waals surface area contributed by atoms with Crippen molar-refractivity contribution in [2.24, 2.45) is 0 Å². The molecule has 2 heterocycles. The smallest absolute Gasteiger partial charge is 0.222 e. The number of hydrogen-bond acceptors (Lipinski definition) is 4. The molecule has 0 atom stereocenters. The van der Waals surface area contributed by atoms with E-state index in [2.05, 4.69) is 53.5 Å². The Morgan fingerprint density at radius 1 is 0.963 bits per heavy atom. The zero-order valence-corrected chi connectivity index (χ0v) is 14.9. The molecule has 27 heavy (non-hydrogen) atoms. The minimum atomic E-state index is 0.353. The van der Waals surface area contributed by atoms with E-state index in [0.717, 1.165) is 28.5 Å². The molecule has 3 aromatic carbocycles. The van der Waals surface area contributed by atoms with Gasteiger partial charge in [-0.2, -0.15) is 9.61 Å². The van der Waals surface area contributed by atoms with Crippen molar-refractivity contribution < 1.29 is 4.74 Å². The van der Waals surface area contributed by atoms with Crippen LogP contribution in [-0.2, 0) is 6.42 Å². The number of rotatable bonds is 3. The highest BCUT2D eigenvalue weighted by molar-refractivity contribution is 5.97. The molecular weight excluding hydrogens is 336 g/mol. The average Bonchev–Trinajstić information content (AvgIpc) is 3.13. The SMILES string of the molecule is COc1cccc2c1nc(N)n1nc(Cc3cccc4ccccc34)cc21. The molecule has 5 nitrogen and oxygen atoms in total. The first-order chi connectivity index (χ1) is 13.2. The largest absolute Gasteiger partial charge is 0.494 e. The van der Waals surface area contributed by atoms with Gasteiger partial charge in [0, 0.05) is 11.8 Å². The molecule has 0 radical (unpaired) electrons. The van der Waals surface area contributed by atoms with Gasteiger partial charge >= 0.3 is 0 Å². The van der Waals surface area contributed by atoms with Crippen molar-refractivity contribution in [3.8, 4) is 5.75 Å². The molecule has 0 aliphatic carbocycles. The van der Waals surface area contributed by atoms with Gasteiger partial charge in [-0.25, -0.2) is 4.98 Å². The number of fused-ring (bicyclic) bond motifs is 4. The van der Waals surface area contributed by atoms with E-state index in [1.54, 1.807) is 11.6 Å². The molecule has 0 spiro atoms. The maximum absolute atomic E-state index is 6.18. The molecular formula is C22H18N4O. The Hall–Kier alpha value is -3.60. The number of para-hydroxylation sites is 1.